The normalized spacial score (nSPS) is 13.5. The van der Waals surface area contributed by atoms with Gasteiger partial charge in [0, 0.05) is 34.9 Å². The van der Waals surface area contributed by atoms with Crippen LogP contribution in [0.1, 0.15) is 23.7 Å². The molecular formula is C28H23N2O+. The van der Waals surface area contributed by atoms with Crippen molar-refractivity contribution in [3.63, 3.8) is 0 Å². The number of fused-ring (bicyclic) bond motifs is 3. The molecule has 0 spiro atoms. The predicted molar refractivity (Wildman–Crippen MR) is 126 cm³/mol. The molecule has 3 nitrogen and oxygen atoms in total. The van der Waals surface area contributed by atoms with Crippen molar-refractivity contribution in [2.24, 2.45) is 7.05 Å². The van der Waals surface area contributed by atoms with Gasteiger partial charge >= 0.3 is 0 Å². The summed E-state index contributed by atoms with van der Waals surface area (Å²) in [5.74, 6) is 0. The van der Waals surface area contributed by atoms with E-state index in [0.29, 0.717) is 16.6 Å². The molecule has 0 radical (unpaired) electrons. The Balaban J connectivity index is 1.97. The topological polar surface area (TPSA) is 21.4 Å². The summed E-state index contributed by atoms with van der Waals surface area (Å²) in [7, 11) is 2.01. The number of benzene rings is 3. The van der Waals surface area contributed by atoms with E-state index >= 15 is 0 Å². The highest BCUT2D eigenvalue weighted by atomic mass is 16.3. The summed E-state index contributed by atoms with van der Waals surface area (Å²) in [6.07, 6.45) is 0. The molecule has 5 aromatic rings. The fraction of sp³-hybridized carbons (Fsp3) is 0.143. The first-order valence-electron chi connectivity index (χ1n) is 12.5. The highest BCUT2D eigenvalue weighted by molar-refractivity contribution is 6.15. The van der Waals surface area contributed by atoms with Crippen molar-refractivity contribution in [1.29, 1.82) is 0 Å². The Bertz CT molecular complexity index is 1770. The molecule has 0 unspecified atom stereocenters. The molecule has 0 saturated carbocycles. The average molecular weight is 409 g/mol. The third-order valence-electron chi connectivity index (χ3n) is 6.05. The number of rotatable bonds is 2. The summed E-state index contributed by atoms with van der Waals surface area (Å²) in [5.41, 5.74) is 6.47. The molecule has 0 aliphatic heterocycles. The number of aromatic nitrogens is 1. The smallest absolute Gasteiger partial charge is 0.216 e. The largest absolute Gasteiger partial charge is 0.456 e. The van der Waals surface area contributed by atoms with Crippen LogP contribution in [0.5, 0.6) is 0 Å². The zero-order valence-electron chi connectivity index (χ0n) is 22.8. The number of hydrogen-bond acceptors (Lipinski definition) is 1. The Kier molecular flexibility index (Phi) is 3.25. The highest BCUT2D eigenvalue weighted by Crippen LogP contribution is 2.44. The van der Waals surface area contributed by atoms with Crippen LogP contribution >= 0.6 is 0 Å². The molecular weight excluding hydrogens is 380 g/mol. The van der Waals surface area contributed by atoms with Crippen LogP contribution in [0, 0.1) is 27.3 Å². The lowest BCUT2D eigenvalue weighted by Gasteiger charge is -2.08. The second kappa shape index (κ2) is 7.11. The van der Waals surface area contributed by atoms with Crippen molar-refractivity contribution in [2.75, 3.05) is 0 Å². The van der Waals surface area contributed by atoms with Gasteiger partial charge in [0.25, 0.3) is 0 Å². The lowest BCUT2D eigenvalue weighted by Crippen LogP contribution is -2.35. The van der Waals surface area contributed by atoms with Crippen molar-refractivity contribution >= 4 is 27.6 Å². The zero-order valence-corrected chi connectivity index (χ0v) is 17.8. The van der Waals surface area contributed by atoms with Gasteiger partial charge in [0.15, 0.2) is 11.4 Å². The van der Waals surface area contributed by atoms with Gasteiger partial charge < -0.3 is 4.42 Å². The Labute approximate surface area is 189 Å². The van der Waals surface area contributed by atoms with Gasteiger partial charge in [-0.3, -0.25) is 0 Å². The lowest BCUT2D eigenvalue weighted by molar-refractivity contribution is -0.667. The number of aryl methyl sites for hydroxylation is 2. The summed E-state index contributed by atoms with van der Waals surface area (Å²) < 4.78 is 49.9. The SMILES string of the molecule is [2H]c1c([2H])c([2H])c(-c2c([N+]#[C-])ccc3c2oc2c(-c4ccc(C)c(C)[n+]4C)c(C)ccc23)c([2H])c1[2H]. The van der Waals surface area contributed by atoms with E-state index in [4.69, 9.17) is 17.8 Å². The Morgan fingerprint density at radius 3 is 2.19 bits per heavy atom. The standard InChI is InChI=1S/C28H23N2O/c1-17-12-16-24(30(5)19(17)3)25-18(2)11-13-21-22-14-15-23(29-4)26(28(22)31-27(21)25)20-9-7-6-8-10-20/h6-16H,1-3,5H3/q+1/i6D,7D,8D,9D,10D. The molecule has 0 bridgehead atoms. The third kappa shape index (κ3) is 2.84. The van der Waals surface area contributed by atoms with Crippen LogP contribution in [0.3, 0.4) is 0 Å². The summed E-state index contributed by atoms with van der Waals surface area (Å²) in [5, 5.41) is 1.54. The van der Waals surface area contributed by atoms with Crippen LogP contribution in [0.4, 0.5) is 5.69 Å². The van der Waals surface area contributed by atoms with Crippen LogP contribution < -0.4 is 4.57 Å². The second-order valence-electron chi connectivity index (χ2n) is 7.73. The molecule has 0 aliphatic rings. The Morgan fingerprint density at radius 1 is 0.839 bits per heavy atom. The van der Waals surface area contributed by atoms with Crippen molar-refractivity contribution in [2.45, 2.75) is 20.8 Å². The molecule has 2 heterocycles. The van der Waals surface area contributed by atoms with Gasteiger partial charge in [0.1, 0.15) is 18.2 Å². The minimum Gasteiger partial charge on any atom is -0.456 e. The van der Waals surface area contributed by atoms with E-state index in [1.807, 2.05) is 26.1 Å². The van der Waals surface area contributed by atoms with Gasteiger partial charge in [-0.15, -0.1) is 0 Å². The minimum atomic E-state index is -0.477. The Hall–Kier alpha value is -3.90. The molecule has 0 aliphatic carbocycles. The first-order valence-corrected chi connectivity index (χ1v) is 9.98. The molecule has 31 heavy (non-hydrogen) atoms. The maximum absolute atomic E-state index is 8.52. The molecule has 2 aromatic heterocycles. The molecule has 0 N–H and O–H groups in total. The van der Waals surface area contributed by atoms with E-state index in [1.54, 1.807) is 12.1 Å². The van der Waals surface area contributed by atoms with E-state index in [0.717, 1.165) is 27.9 Å². The summed E-state index contributed by atoms with van der Waals surface area (Å²) in [6.45, 7) is 13.9. The first-order chi connectivity index (χ1) is 17.1. The number of hydrogen-bond donors (Lipinski definition) is 0. The fourth-order valence-corrected chi connectivity index (χ4v) is 4.15. The minimum absolute atomic E-state index is 0.0355. The van der Waals surface area contributed by atoms with Crippen LogP contribution in [-0.4, -0.2) is 0 Å². The van der Waals surface area contributed by atoms with Crippen molar-refractivity contribution < 1.29 is 15.8 Å². The van der Waals surface area contributed by atoms with Crippen LogP contribution in [0.15, 0.2) is 71.0 Å². The van der Waals surface area contributed by atoms with E-state index in [2.05, 4.69) is 35.4 Å². The first kappa shape index (κ1) is 14.2. The molecule has 0 saturated heterocycles. The molecule has 3 heteroatoms. The summed E-state index contributed by atoms with van der Waals surface area (Å²) in [4.78, 5) is 3.61. The average Bonchev–Trinajstić information content (AvgIpc) is 3.24. The molecule has 0 atom stereocenters. The molecule has 3 aromatic carbocycles. The van der Waals surface area contributed by atoms with Crippen molar-refractivity contribution in [1.82, 2.24) is 0 Å². The van der Waals surface area contributed by atoms with Gasteiger partial charge in [-0.05, 0) is 31.0 Å². The number of furan rings is 1. The van der Waals surface area contributed by atoms with Crippen molar-refractivity contribution in [3.05, 3.63) is 94.8 Å². The lowest BCUT2D eigenvalue weighted by atomic mass is 9.98. The van der Waals surface area contributed by atoms with E-state index in [-0.39, 0.29) is 28.9 Å². The van der Waals surface area contributed by atoms with E-state index in [9.17, 15) is 0 Å². The maximum atomic E-state index is 8.52. The van der Waals surface area contributed by atoms with Gasteiger partial charge in [0.2, 0.25) is 5.69 Å². The fourth-order valence-electron chi connectivity index (χ4n) is 4.15. The quantitative estimate of drug-likeness (QED) is 0.223. The van der Waals surface area contributed by atoms with Gasteiger partial charge in [-0.25, -0.2) is 4.85 Å². The van der Waals surface area contributed by atoms with E-state index in [1.165, 1.54) is 5.56 Å². The van der Waals surface area contributed by atoms with E-state index < -0.39 is 18.1 Å². The summed E-state index contributed by atoms with van der Waals surface area (Å²) >= 11 is 0. The number of nitrogens with zero attached hydrogens (tertiary/aromatic N) is 2. The monoisotopic (exact) mass is 408 g/mol. The maximum Gasteiger partial charge on any atom is 0.216 e. The molecule has 0 fully saturated rings. The van der Waals surface area contributed by atoms with Crippen LogP contribution in [0.25, 0.3) is 49.2 Å². The highest BCUT2D eigenvalue weighted by Gasteiger charge is 2.24. The Morgan fingerprint density at radius 2 is 1.48 bits per heavy atom. The summed E-state index contributed by atoms with van der Waals surface area (Å²) in [6, 6.07) is 9.42. The van der Waals surface area contributed by atoms with Crippen LogP contribution in [0.2, 0.25) is 0 Å². The second-order valence-corrected chi connectivity index (χ2v) is 7.73. The van der Waals surface area contributed by atoms with Crippen molar-refractivity contribution in [3.8, 4) is 22.4 Å². The van der Waals surface area contributed by atoms with Crippen LogP contribution in [-0.2, 0) is 7.05 Å². The van der Waals surface area contributed by atoms with Gasteiger partial charge in [0.05, 0.1) is 19.0 Å². The molecule has 0 amide bonds. The van der Waals surface area contributed by atoms with Gasteiger partial charge in [-0.1, -0.05) is 54.5 Å². The zero-order chi connectivity index (χ0) is 26.0. The predicted octanol–water partition coefficient (Wildman–Crippen LogP) is 7.22. The molecule has 150 valence electrons. The van der Waals surface area contributed by atoms with Gasteiger partial charge in [-0.2, -0.15) is 4.57 Å². The number of pyridine rings is 1. The third-order valence-corrected chi connectivity index (χ3v) is 6.05. The molecule has 5 rings (SSSR count).